The highest BCUT2D eigenvalue weighted by Gasteiger charge is 2.23. The molecule has 1 aliphatic heterocycles. The summed E-state index contributed by atoms with van der Waals surface area (Å²) < 4.78 is 23.1. The van der Waals surface area contributed by atoms with E-state index in [9.17, 15) is 8.42 Å². The summed E-state index contributed by atoms with van der Waals surface area (Å²) in [6.45, 7) is 4.88. The highest BCUT2D eigenvalue weighted by Crippen LogP contribution is 2.29. The van der Waals surface area contributed by atoms with Crippen LogP contribution in [0.25, 0.3) is 10.6 Å². The number of hydrogen-bond acceptors (Lipinski definition) is 5. The molecule has 0 radical (unpaired) electrons. The van der Waals surface area contributed by atoms with Crippen LogP contribution < -0.4 is 0 Å². The van der Waals surface area contributed by atoms with Crippen LogP contribution in [-0.2, 0) is 16.4 Å². The lowest BCUT2D eigenvalue weighted by Gasteiger charge is -2.31. The van der Waals surface area contributed by atoms with Crippen LogP contribution in [0.15, 0.2) is 30.5 Å². The van der Waals surface area contributed by atoms with Crippen molar-refractivity contribution in [3.63, 3.8) is 0 Å². The van der Waals surface area contributed by atoms with E-state index in [4.69, 9.17) is 0 Å². The zero-order valence-electron chi connectivity index (χ0n) is 14.2. The quantitative estimate of drug-likeness (QED) is 0.816. The van der Waals surface area contributed by atoms with E-state index >= 15 is 0 Å². The fourth-order valence-corrected chi connectivity index (χ4v) is 5.57. The average molecular weight is 365 g/mol. The summed E-state index contributed by atoms with van der Waals surface area (Å²) in [6.07, 6.45) is 5.39. The van der Waals surface area contributed by atoms with Gasteiger partial charge in [0.25, 0.3) is 0 Å². The highest BCUT2D eigenvalue weighted by molar-refractivity contribution is 7.90. The van der Waals surface area contributed by atoms with Gasteiger partial charge in [-0.05, 0) is 37.8 Å². The van der Waals surface area contributed by atoms with Crippen molar-refractivity contribution < 1.29 is 8.42 Å². The second-order valence-corrected chi connectivity index (χ2v) is 10.1. The molecular formula is C18H24N2O2S2. The van der Waals surface area contributed by atoms with E-state index < -0.39 is 9.84 Å². The molecule has 1 unspecified atom stereocenters. The molecule has 0 bridgehead atoms. The molecule has 2 aromatic rings. The number of aromatic nitrogens is 1. The molecule has 3 rings (SSSR count). The Labute approximate surface area is 148 Å². The summed E-state index contributed by atoms with van der Waals surface area (Å²) >= 11 is 1.74. The molecule has 6 heteroatoms. The molecule has 0 saturated carbocycles. The van der Waals surface area contributed by atoms with Crippen LogP contribution in [0, 0.1) is 12.8 Å². The van der Waals surface area contributed by atoms with Gasteiger partial charge < -0.3 is 0 Å². The van der Waals surface area contributed by atoms with Gasteiger partial charge in [-0.3, -0.25) is 4.90 Å². The molecule has 2 heterocycles. The summed E-state index contributed by atoms with van der Waals surface area (Å²) in [5.74, 6) is 0.568. The molecule has 0 N–H and O–H groups in total. The predicted octanol–water partition coefficient (Wildman–Crippen LogP) is 3.38. The number of rotatable bonds is 5. The molecule has 0 amide bonds. The molecule has 1 atom stereocenters. The summed E-state index contributed by atoms with van der Waals surface area (Å²) in [4.78, 5) is 8.20. The number of benzene rings is 1. The van der Waals surface area contributed by atoms with Crippen LogP contribution in [0.1, 0.15) is 23.3 Å². The van der Waals surface area contributed by atoms with E-state index in [1.165, 1.54) is 22.3 Å². The monoisotopic (exact) mass is 364 g/mol. The molecule has 4 nitrogen and oxygen atoms in total. The lowest BCUT2D eigenvalue weighted by molar-refractivity contribution is 0.179. The van der Waals surface area contributed by atoms with Gasteiger partial charge in [-0.15, -0.1) is 11.3 Å². The summed E-state index contributed by atoms with van der Waals surface area (Å²) in [6, 6.07) is 8.31. The first-order chi connectivity index (χ1) is 11.4. The lowest BCUT2D eigenvalue weighted by Crippen LogP contribution is -2.37. The van der Waals surface area contributed by atoms with E-state index in [0.717, 1.165) is 37.5 Å². The van der Waals surface area contributed by atoms with Crippen molar-refractivity contribution in [2.45, 2.75) is 26.3 Å². The third kappa shape index (κ3) is 4.65. The van der Waals surface area contributed by atoms with Gasteiger partial charge in [-0.2, -0.15) is 0 Å². The van der Waals surface area contributed by atoms with Gasteiger partial charge in [-0.1, -0.05) is 24.3 Å². The van der Waals surface area contributed by atoms with Crippen LogP contribution in [0.5, 0.6) is 0 Å². The Balaban J connectivity index is 1.65. The van der Waals surface area contributed by atoms with Crippen LogP contribution >= 0.6 is 11.3 Å². The number of aryl methyl sites for hydroxylation is 1. The van der Waals surface area contributed by atoms with Crippen molar-refractivity contribution in [1.29, 1.82) is 0 Å². The van der Waals surface area contributed by atoms with E-state index in [1.807, 2.05) is 18.3 Å². The summed E-state index contributed by atoms with van der Waals surface area (Å²) in [7, 11) is -2.89. The zero-order valence-corrected chi connectivity index (χ0v) is 15.9. The largest absolute Gasteiger partial charge is 0.298 e. The third-order valence-corrected chi connectivity index (χ3v) is 6.54. The normalized spacial score (nSPS) is 19.5. The fourth-order valence-electron chi connectivity index (χ4n) is 3.40. The second-order valence-electron chi connectivity index (χ2n) is 6.78. The van der Waals surface area contributed by atoms with Crippen molar-refractivity contribution in [3.05, 3.63) is 40.9 Å². The van der Waals surface area contributed by atoms with E-state index in [0.29, 0.717) is 5.75 Å². The maximum atomic E-state index is 11.5. The number of thiazole rings is 1. The number of nitrogens with zero attached hydrogens (tertiary/aromatic N) is 2. The Hall–Kier alpha value is -1.24. The molecule has 1 aromatic heterocycles. The van der Waals surface area contributed by atoms with Gasteiger partial charge in [-0.25, -0.2) is 13.4 Å². The topological polar surface area (TPSA) is 50.3 Å². The minimum atomic E-state index is -2.89. The zero-order chi connectivity index (χ0) is 17.2. The van der Waals surface area contributed by atoms with Crippen molar-refractivity contribution in [1.82, 2.24) is 9.88 Å². The molecule has 1 aliphatic rings. The Kier molecular flexibility index (Phi) is 5.37. The number of sulfone groups is 1. The first-order valence-corrected chi connectivity index (χ1v) is 11.2. The Morgan fingerprint density at radius 1 is 1.33 bits per heavy atom. The molecule has 1 fully saturated rings. The minimum absolute atomic E-state index is 0.262. The van der Waals surface area contributed by atoms with E-state index in [2.05, 4.69) is 28.9 Å². The van der Waals surface area contributed by atoms with Gasteiger partial charge in [0.05, 0.1) is 5.75 Å². The molecule has 0 spiro atoms. The van der Waals surface area contributed by atoms with Crippen molar-refractivity contribution in [2.75, 3.05) is 25.1 Å². The van der Waals surface area contributed by atoms with Gasteiger partial charge in [0.15, 0.2) is 0 Å². The fraction of sp³-hybridized carbons (Fsp3) is 0.500. The highest BCUT2D eigenvalue weighted by atomic mass is 32.2. The maximum absolute atomic E-state index is 11.5. The molecule has 24 heavy (non-hydrogen) atoms. The van der Waals surface area contributed by atoms with Crippen LogP contribution in [0.2, 0.25) is 0 Å². The predicted molar refractivity (Wildman–Crippen MR) is 100.0 cm³/mol. The van der Waals surface area contributed by atoms with E-state index in [1.54, 1.807) is 11.3 Å². The minimum Gasteiger partial charge on any atom is -0.298 e. The summed E-state index contributed by atoms with van der Waals surface area (Å²) in [5.41, 5.74) is 2.44. The maximum Gasteiger partial charge on any atom is 0.147 e. The Bertz CT molecular complexity index is 799. The Morgan fingerprint density at radius 3 is 2.88 bits per heavy atom. The first kappa shape index (κ1) is 17.6. The molecule has 1 saturated heterocycles. The Morgan fingerprint density at radius 2 is 2.12 bits per heavy atom. The van der Waals surface area contributed by atoms with Gasteiger partial charge in [0.1, 0.15) is 14.8 Å². The average Bonchev–Trinajstić information content (AvgIpc) is 2.94. The van der Waals surface area contributed by atoms with Gasteiger partial charge in [0, 0.05) is 36.0 Å². The van der Waals surface area contributed by atoms with Gasteiger partial charge >= 0.3 is 0 Å². The molecule has 0 aliphatic carbocycles. The third-order valence-electron chi connectivity index (χ3n) is 4.45. The first-order valence-electron chi connectivity index (χ1n) is 8.31. The van der Waals surface area contributed by atoms with Gasteiger partial charge in [0.2, 0.25) is 0 Å². The van der Waals surface area contributed by atoms with Crippen molar-refractivity contribution in [2.24, 2.45) is 5.92 Å². The number of hydrogen-bond donors (Lipinski definition) is 0. The molecular weight excluding hydrogens is 340 g/mol. The summed E-state index contributed by atoms with van der Waals surface area (Å²) in [5, 5.41) is 1.06. The molecule has 130 valence electrons. The number of piperidine rings is 1. The molecule has 1 aromatic carbocycles. The standard InChI is InChI=1S/C18H24N2O2S2/c1-14-6-3-4-8-17(14)18-19-10-16(23-18)12-20-9-5-7-15(11-20)13-24(2,21)22/h3-4,6,8,10,15H,5,7,9,11-13H2,1-2H3. The SMILES string of the molecule is Cc1ccccc1-c1ncc(CN2CCCC(CS(C)(=O)=O)C2)s1. The van der Waals surface area contributed by atoms with Crippen molar-refractivity contribution in [3.8, 4) is 10.6 Å². The lowest BCUT2D eigenvalue weighted by atomic mass is 10.0. The smallest absolute Gasteiger partial charge is 0.147 e. The number of likely N-dealkylation sites (tertiary alicyclic amines) is 1. The van der Waals surface area contributed by atoms with Crippen LogP contribution in [-0.4, -0.2) is 43.4 Å². The van der Waals surface area contributed by atoms with E-state index in [-0.39, 0.29) is 5.92 Å². The van der Waals surface area contributed by atoms with Crippen LogP contribution in [0.3, 0.4) is 0 Å². The second kappa shape index (κ2) is 7.33. The van der Waals surface area contributed by atoms with Crippen molar-refractivity contribution >= 4 is 21.2 Å². The van der Waals surface area contributed by atoms with Crippen LogP contribution in [0.4, 0.5) is 0 Å².